The number of methoxy groups -OCH3 is 1. The van der Waals surface area contributed by atoms with E-state index < -0.39 is 48.3 Å². The molecule has 0 aliphatic heterocycles. The second-order valence-electron chi connectivity index (χ2n) is 5.51. The van der Waals surface area contributed by atoms with E-state index in [0.29, 0.717) is 13.1 Å². The summed E-state index contributed by atoms with van der Waals surface area (Å²) < 4.78 is 8.95. The molecule has 0 aliphatic carbocycles. The van der Waals surface area contributed by atoms with E-state index >= 15 is 0 Å². The lowest BCUT2D eigenvalue weighted by atomic mass is 9.96. The summed E-state index contributed by atoms with van der Waals surface area (Å²) in [5.41, 5.74) is -2.74. The van der Waals surface area contributed by atoms with Crippen LogP contribution in [0.4, 0.5) is 0 Å². The number of carbonyl (C=O) groups is 6. The normalized spacial score (nSPS) is 10.4. The Morgan fingerprint density at radius 3 is 1.63 bits per heavy atom. The van der Waals surface area contributed by atoms with Gasteiger partial charge in [-0.05, 0) is 13.8 Å². The maximum atomic E-state index is 11.4. The van der Waals surface area contributed by atoms with E-state index in [1.54, 1.807) is 0 Å². The van der Waals surface area contributed by atoms with Gasteiger partial charge in [0.1, 0.15) is 0 Å². The number of nitrogens with zero attached hydrogens (tertiary/aromatic N) is 1. The molecule has 0 aliphatic rings. The average Bonchev–Trinajstić information content (AvgIpc) is 2.64. The molecule has 13 heteroatoms. The SMILES string of the molecule is CCN(CC)C(=O)COC(=O)/C=C/C(=O)OC.O=C(O)CC(O)(CC(=O)O)C(=O)O. The molecule has 0 bridgehead atoms. The Hall–Kier alpha value is -3.48. The summed E-state index contributed by atoms with van der Waals surface area (Å²) in [6.07, 6.45) is -0.436. The third-order valence-electron chi connectivity index (χ3n) is 3.30. The van der Waals surface area contributed by atoms with Crippen LogP contribution in [0.3, 0.4) is 0 Å². The van der Waals surface area contributed by atoms with Crippen LogP contribution in [-0.4, -0.2) is 93.5 Å². The minimum Gasteiger partial charge on any atom is -0.481 e. The number of hydrogen-bond donors (Lipinski definition) is 4. The highest BCUT2D eigenvalue weighted by Gasteiger charge is 2.40. The molecule has 30 heavy (non-hydrogen) atoms. The summed E-state index contributed by atoms with van der Waals surface area (Å²) in [6.45, 7) is 4.46. The van der Waals surface area contributed by atoms with Crippen molar-refractivity contribution in [1.82, 2.24) is 4.90 Å². The Balaban J connectivity index is 0. The lowest BCUT2D eigenvalue weighted by Crippen LogP contribution is -2.42. The number of hydrogen-bond acceptors (Lipinski definition) is 9. The summed E-state index contributed by atoms with van der Waals surface area (Å²) in [6, 6.07) is 0. The van der Waals surface area contributed by atoms with Crippen molar-refractivity contribution in [3.8, 4) is 0 Å². The van der Waals surface area contributed by atoms with E-state index in [1.807, 2.05) is 13.8 Å². The minimum absolute atomic E-state index is 0.269. The first-order valence-electron chi connectivity index (χ1n) is 8.42. The molecule has 0 heterocycles. The van der Waals surface area contributed by atoms with Gasteiger partial charge in [-0.25, -0.2) is 14.4 Å². The van der Waals surface area contributed by atoms with E-state index in [9.17, 15) is 28.8 Å². The Kier molecular flexibility index (Phi) is 13.9. The fourth-order valence-electron chi connectivity index (χ4n) is 1.77. The van der Waals surface area contributed by atoms with Crippen LogP contribution in [0, 0.1) is 0 Å². The first kappa shape index (κ1) is 28.7. The van der Waals surface area contributed by atoms with Crippen molar-refractivity contribution < 1.29 is 58.7 Å². The highest BCUT2D eigenvalue weighted by Crippen LogP contribution is 2.15. The zero-order chi connectivity index (χ0) is 23.9. The van der Waals surface area contributed by atoms with Gasteiger partial charge in [0.05, 0.1) is 20.0 Å². The molecule has 0 fully saturated rings. The van der Waals surface area contributed by atoms with Gasteiger partial charge >= 0.3 is 29.8 Å². The third-order valence-corrected chi connectivity index (χ3v) is 3.30. The predicted molar refractivity (Wildman–Crippen MR) is 97.1 cm³/mol. The van der Waals surface area contributed by atoms with Crippen molar-refractivity contribution in [2.24, 2.45) is 0 Å². The molecule has 170 valence electrons. The van der Waals surface area contributed by atoms with Gasteiger partial charge in [-0.3, -0.25) is 14.4 Å². The number of carboxylic acid groups (broad SMARTS) is 3. The quantitative estimate of drug-likeness (QED) is 0.225. The highest BCUT2D eigenvalue weighted by atomic mass is 16.5. The van der Waals surface area contributed by atoms with Crippen LogP contribution in [0.1, 0.15) is 26.7 Å². The molecule has 0 saturated heterocycles. The van der Waals surface area contributed by atoms with Gasteiger partial charge in [-0.1, -0.05) is 0 Å². The standard InChI is InChI=1S/C11H17NO5.C6H8O7/c1-4-12(5-2)9(13)8-17-11(15)7-6-10(14)16-3;7-3(8)1-6(13,5(11)12)2-4(9)10/h6-7H,4-5,8H2,1-3H3;13H,1-2H2,(H,7,8)(H,9,10)(H,11,12)/b7-6+;. The Bertz CT molecular complexity index is 650. The molecule has 0 aromatic rings. The van der Waals surface area contributed by atoms with Crippen LogP contribution in [0.15, 0.2) is 12.2 Å². The maximum absolute atomic E-state index is 11.4. The lowest BCUT2D eigenvalue weighted by molar-refractivity contribution is -0.170. The molecule has 0 unspecified atom stereocenters. The number of esters is 2. The van der Waals surface area contributed by atoms with Gasteiger partial charge in [0, 0.05) is 25.2 Å². The van der Waals surface area contributed by atoms with E-state index in [-0.39, 0.29) is 12.5 Å². The number of ether oxygens (including phenoxy) is 2. The number of rotatable bonds is 11. The van der Waals surface area contributed by atoms with Crippen LogP contribution in [0.25, 0.3) is 0 Å². The molecule has 0 aromatic carbocycles. The van der Waals surface area contributed by atoms with Gasteiger partial charge in [-0.15, -0.1) is 0 Å². The Morgan fingerprint density at radius 1 is 0.867 bits per heavy atom. The van der Waals surface area contributed by atoms with Crippen LogP contribution in [-0.2, 0) is 38.2 Å². The number of aliphatic hydroxyl groups is 1. The fourth-order valence-corrected chi connectivity index (χ4v) is 1.77. The summed E-state index contributed by atoms with van der Waals surface area (Å²) in [4.78, 5) is 65.2. The monoisotopic (exact) mass is 435 g/mol. The van der Waals surface area contributed by atoms with Crippen LogP contribution in [0.5, 0.6) is 0 Å². The fraction of sp³-hybridized carbons (Fsp3) is 0.529. The van der Waals surface area contributed by atoms with Gasteiger partial charge in [0.15, 0.2) is 12.2 Å². The van der Waals surface area contributed by atoms with Crippen LogP contribution < -0.4 is 0 Å². The van der Waals surface area contributed by atoms with E-state index in [4.69, 9.17) is 20.4 Å². The van der Waals surface area contributed by atoms with E-state index in [1.165, 1.54) is 12.0 Å². The first-order valence-corrected chi connectivity index (χ1v) is 8.42. The molecule has 4 N–H and O–H groups in total. The number of likely N-dealkylation sites (N-methyl/N-ethyl adjacent to an activating group) is 1. The Morgan fingerprint density at radius 2 is 1.30 bits per heavy atom. The minimum atomic E-state index is -2.74. The zero-order valence-electron chi connectivity index (χ0n) is 16.7. The molecule has 13 nitrogen and oxygen atoms in total. The lowest BCUT2D eigenvalue weighted by Gasteiger charge is -2.18. The summed E-state index contributed by atoms with van der Waals surface area (Å²) in [5.74, 6) is -6.70. The highest BCUT2D eigenvalue weighted by molar-refractivity contribution is 5.92. The molecule has 0 atom stereocenters. The van der Waals surface area contributed by atoms with Crippen LogP contribution in [0.2, 0.25) is 0 Å². The second-order valence-corrected chi connectivity index (χ2v) is 5.51. The van der Waals surface area contributed by atoms with Crippen molar-refractivity contribution in [3.63, 3.8) is 0 Å². The van der Waals surface area contributed by atoms with Crippen molar-refractivity contribution in [3.05, 3.63) is 12.2 Å². The number of carbonyl (C=O) groups excluding carboxylic acids is 3. The zero-order valence-corrected chi connectivity index (χ0v) is 16.7. The van der Waals surface area contributed by atoms with Crippen molar-refractivity contribution in [1.29, 1.82) is 0 Å². The molecule has 0 saturated carbocycles. The third kappa shape index (κ3) is 12.8. The Labute approximate surface area is 171 Å². The second kappa shape index (κ2) is 14.5. The number of carboxylic acids is 3. The van der Waals surface area contributed by atoms with E-state index in [0.717, 1.165) is 12.2 Å². The van der Waals surface area contributed by atoms with Gasteiger partial charge in [0.2, 0.25) is 0 Å². The first-order chi connectivity index (χ1) is 13.8. The smallest absolute Gasteiger partial charge is 0.336 e. The molecule has 0 aromatic heterocycles. The van der Waals surface area contributed by atoms with Crippen LogP contribution >= 0.6 is 0 Å². The number of amides is 1. The molecule has 1 amide bonds. The molecule has 0 spiro atoms. The number of aliphatic carboxylic acids is 3. The van der Waals surface area contributed by atoms with Crippen molar-refractivity contribution in [2.75, 3.05) is 26.8 Å². The van der Waals surface area contributed by atoms with Gasteiger partial charge in [-0.2, -0.15) is 0 Å². The van der Waals surface area contributed by atoms with E-state index in [2.05, 4.69) is 9.47 Å². The molecular formula is C17H25NO12. The molecular weight excluding hydrogens is 410 g/mol. The average molecular weight is 435 g/mol. The summed E-state index contributed by atoms with van der Waals surface area (Å²) in [5, 5.41) is 33.8. The topological polar surface area (TPSA) is 205 Å². The maximum Gasteiger partial charge on any atom is 0.336 e. The predicted octanol–water partition coefficient (Wildman–Crippen LogP) is -1.12. The largest absolute Gasteiger partial charge is 0.481 e. The molecule has 0 radical (unpaired) electrons. The van der Waals surface area contributed by atoms with Gasteiger partial charge < -0.3 is 34.8 Å². The summed E-state index contributed by atoms with van der Waals surface area (Å²) in [7, 11) is 1.20. The summed E-state index contributed by atoms with van der Waals surface area (Å²) >= 11 is 0. The van der Waals surface area contributed by atoms with Crippen molar-refractivity contribution in [2.45, 2.75) is 32.3 Å². The van der Waals surface area contributed by atoms with Gasteiger partial charge in [0.25, 0.3) is 5.91 Å². The van der Waals surface area contributed by atoms with Crippen molar-refractivity contribution >= 4 is 35.8 Å². The molecule has 0 rings (SSSR count).